The summed E-state index contributed by atoms with van der Waals surface area (Å²) in [4.78, 5) is 21.1. The van der Waals surface area contributed by atoms with Crippen LogP contribution in [0, 0.1) is 5.92 Å². The summed E-state index contributed by atoms with van der Waals surface area (Å²) in [6, 6.07) is 27.1. The van der Waals surface area contributed by atoms with E-state index in [2.05, 4.69) is 39.4 Å². The number of rotatable bonds is 12. The highest BCUT2D eigenvalue weighted by atomic mass is 35.5. The third-order valence-corrected chi connectivity index (χ3v) is 11.2. The number of anilines is 2. The molecule has 0 bridgehead atoms. The molecule has 10 heteroatoms. The summed E-state index contributed by atoms with van der Waals surface area (Å²) in [5.41, 5.74) is 6.44. The van der Waals surface area contributed by atoms with E-state index in [-0.39, 0.29) is 0 Å². The minimum Gasteiger partial charge on any atom is -0.478 e. The number of benzene rings is 4. The summed E-state index contributed by atoms with van der Waals surface area (Å²) >= 11 is 26.8. The lowest BCUT2D eigenvalue weighted by Gasteiger charge is -2.29. The van der Waals surface area contributed by atoms with Crippen molar-refractivity contribution in [1.82, 2.24) is 4.98 Å². The van der Waals surface area contributed by atoms with Crippen molar-refractivity contribution >= 4 is 74.5 Å². The van der Waals surface area contributed by atoms with Crippen LogP contribution in [0.5, 0.6) is 0 Å². The van der Waals surface area contributed by atoms with Gasteiger partial charge in [0.15, 0.2) is 5.13 Å². The van der Waals surface area contributed by atoms with Gasteiger partial charge in [0.1, 0.15) is 0 Å². The third-order valence-electron chi connectivity index (χ3n) is 8.78. The van der Waals surface area contributed by atoms with Gasteiger partial charge in [-0.1, -0.05) is 102 Å². The van der Waals surface area contributed by atoms with Crippen molar-refractivity contribution in [3.63, 3.8) is 0 Å². The first-order valence-corrected chi connectivity index (χ1v) is 18.4. The Bertz CT molecular complexity index is 1800. The van der Waals surface area contributed by atoms with Crippen LogP contribution in [-0.4, -0.2) is 22.6 Å². The number of hydrogen-bond donors (Lipinski definition) is 1. The molecule has 1 heterocycles. The maximum absolute atomic E-state index is 11.4. The van der Waals surface area contributed by atoms with Crippen molar-refractivity contribution in [2.75, 3.05) is 16.3 Å². The molecule has 1 fully saturated rings. The Morgan fingerprint density at radius 1 is 0.708 bits per heavy atom. The van der Waals surface area contributed by atoms with Gasteiger partial charge in [-0.15, -0.1) is 11.3 Å². The topological polar surface area (TPSA) is 56.7 Å². The van der Waals surface area contributed by atoms with Crippen LogP contribution < -0.4 is 9.80 Å². The van der Waals surface area contributed by atoms with Crippen molar-refractivity contribution in [2.24, 2.45) is 5.92 Å². The fraction of sp³-hybridized carbons (Fsp3) is 0.263. The van der Waals surface area contributed by atoms with Crippen LogP contribution in [0.3, 0.4) is 0 Å². The maximum Gasteiger partial charge on any atom is 0.335 e. The van der Waals surface area contributed by atoms with Gasteiger partial charge >= 0.3 is 5.97 Å². The molecule has 1 aliphatic rings. The molecule has 1 N–H and O–H groups in total. The van der Waals surface area contributed by atoms with Gasteiger partial charge in [0, 0.05) is 42.8 Å². The van der Waals surface area contributed by atoms with Gasteiger partial charge in [-0.05, 0) is 84.0 Å². The maximum atomic E-state index is 11.4. The summed E-state index contributed by atoms with van der Waals surface area (Å²) in [6.45, 7) is 2.84. The normalized spacial score (nSPS) is 13.4. The number of nitrogens with zero attached hydrogens (tertiary/aromatic N) is 3. The van der Waals surface area contributed by atoms with Crippen molar-refractivity contribution in [2.45, 2.75) is 51.7 Å². The second-order valence-corrected chi connectivity index (χ2v) is 14.8. The number of carboxylic acids is 1. The van der Waals surface area contributed by atoms with E-state index in [1.807, 2.05) is 48.5 Å². The second-order valence-electron chi connectivity index (χ2n) is 12.3. The fourth-order valence-corrected chi connectivity index (χ4v) is 7.69. The quantitative estimate of drug-likeness (QED) is 0.138. The third kappa shape index (κ3) is 8.85. The molecule has 0 amide bonds. The molecule has 248 valence electrons. The molecule has 1 aromatic heterocycles. The number of aromatic carboxylic acids is 1. The predicted molar refractivity (Wildman–Crippen MR) is 201 cm³/mol. The van der Waals surface area contributed by atoms with Crippen LogP contribution in [0.2, 0.25) is 20.1 Å². The van der Waals surface area contributed by atoms with Crippen LogP contribution >= 0.6 is 57.7 Å². The molecule has 0 aliphatic heterocycles. The molecule has 0 atom stereocenters. The zero-order valence-electron chi connectivity index (χ0n) is 26.2. The van der Waals surface area contributed by atoms with Gasteiger partial charge in [-0.3, -0.25) is 0 Å². The van der Waals surface area contributed by atoms with E-state index in [0.717, 1.165) is 45.3 Å². The zero-order chi connectivity index (χ0) is 33.6. The highest BCUT2D eigenvalue weighted by molar-refractivity contribution is 7.14. The molecule has 5 aromatic rings. The molecule has 0 radical (unpaired) electrons. The molecule has 0 spiro atoms. The number of aromatic nitrogens is 1. The second kappa shape index (κ2) is 16.0. The van der Waals surface area contributed by atoms with Gasteiger partial charge in [0.25, 0.3) is 0 Å². The molecule has 0 saturated heterocycles. The van der Waals surface area contributed by atoms with Crippen molar-refractivity contribution < 1.29 is 9.90 Å². The molecular formula is C38H35Cl4N3O2S. The molecule has 1 saturated carbocycles. The van der Waals surface area contributed by atoms with E-state index < -0.39 is 5.97 Å². The Kier molecular flexibility index (Phi) is 11.5. The Balaban J connectivity index is 1.23. The van der Waals surface area contributed by atoms with Crippen LogP contribution in [0.1, 0.15) is 59.2 Å². The molecule has 0 unspecified atom stereocenters. The summed E-state index contributed by atoms with van der Waals surface area (Å²) in [5.74, 6) is -0.288. The van der Waals surface area contributed by atoms with Gasteiger partial charge in [0.05, 0.1) is 31.3 Å². The van der Waals surface area contributed by atoms with Crippen molar-refractivity contribution in [3.05, 3.63) is 133 Å². The summed E-state index contributed by atoms with van der Waals surface area (Å²) in [7, 11) is 0. The summed E-state index contributed by atoms with van der Waals surface area (Å²) in [5, 5.41) is 14.5. The smallest absolute Gasteiger partial charge is 0.335 e. The van der Waals surface area contributed by atoms with E-state index in [1.165, 1.54) is 32.1 Å². The average molecular weight is 740 g/mol. The summed E-state index contributed by atoms with van der Waals surface area (Å²) < 4.78 is 0. The number of carbonyl (C=O) groups is 1. The largest absolute Gasteiger partial charge is 0.478 e. The summed E-state index contributed by atoms with van der Waals surface area (Å²) in [6.07, 6.45) is 6.32. The Morgan fingerprint density at radius 2 is 1.27 bits per heavy atom. The average Bonchev–Trinajstić information content (AvgIpc) is 3.59. The van der Waals surface area contributed by atoms with Crippen molar-refractivity contribution in [3.8, 4) is 11.3 Å². The lowest BCUT2D eigenvalue weighted by Crippen LogP contribution is -2.30. The number of halogens is 4. The minimum atomic E-state index is -0.914. The van der Waals surface area contributed by atoms with E-state index in [0.29, 0.717) is 51.2 Å². The zero-order valence-corrected chi connectivity index (χ0v) is 30.1. The van der Waals surface area contributed by atoms with E-state index in [9.17, 15) is 9.90 Å². The highest BCUT2D eigenvalue weighted by Crippen LogP contribution is 2.34. The van der Waals surface area contributed by atoms with Crippen molar-refractivity contribution in [1.29, 1.82) is 0 Å². The molecule has 1 aliphatic carbocycles. The molecule has 5 nitrogen and oxygen atoms in total. The first kappa shape index (κ1) is 34.6. The molecule has 48 heavy (non-hydrogen) atoms. The number of hydrogen-bond acceptors (Lipinski definition) is 5. The van der Waals surface area contributed by atoms with Crippen LogP contribution in [0.25, 0.3) is 11.3 Å². The predicted octanol–water partition coefficient (Wildman–Crippen LogP) is 11.9. The van der Waals surface area contributed by atoms with Gasteiger partial charge < -0.3 is 14.9 Å². The standard InChI is InChI=1S/C38H35Cl4N3O2S/c39-32-16-8-27(18-34(32)41)22-44(23-28-9-17-33(40)35(42)19-28)31-14-12-29(13-15-31)36-24-48-38(43-36)45(20-25-4-2-1-3-5-25)21-26-6-10-30(11-7-26)37(46)47/h6-19,24-25H,1-5,20-23H2,(H,46,47). The van der Waals surface area contributed by atoms with Gasteiger partial charge in [-0.2, -0.15) is 0 Å². The Hall–Kier alpha value is -3.26. The molecule has 4 aromatic carbocycles. The first-order chi connectivity index (χ1) is 23.2. The van der Waals surface area contributed by atoms with E-state index in [4.69, 9.17) is 51.4 Å². The monoisotopic (exact) mass is 737 g/mol. The van der Waals surface area contributed by atoms with Crippen LogP contribution in [0.15, 0.2) is 90.3 Å². The SMILES string of the molecule is O=C(O)c1ccc(CN(CC2CCCCC2)c2nc(-c3ccc(N(Cc4ccc(Cl)c(Cl)c4)Cc4ccc(Cl)c(Cl)c4)cc3)cs2)cc1. The fourth-order valence-electron chi connectivity index (χ4n) is 6.21. The lowest BCUT2D eigenvalue weighted by molar-refractivity contribution is 0.0697. The molecular weight excluding hydrogens is 704 g/mol. The minimum absolute atomic E-state index is 0.296. The first-order valence-electron chi connectivity index (χ1n) is 16.0. The van der Waals surface area contributed by atoms with Crippen LogP contribution in [0.4, 0.5) is 10.8 Å². The van der Waals surface area contributed by atoms with E-state index >= 15 is 0 Å². The van der Waals surface area contributed by atoms with Crippen LogP contribution in [-0.2, 0) is 19.6 Å². The van der Waals surface area contributed by atoms with Gasteiger partial charge in [-0.25, -0.2) is 9.78 Å². The van der Waals surface area contributed by atoms with E-state index in [1.54, 1.807) is 23.5 Å². The highest BCUT2D eigenvalue weighted by Gasteiger charge is 2.21. The molecule has 6 rings (SSSR count). The van der Waals surface area contributed by atoms with Gasteiger partial charge in [0.2, 0.25) is 0 Å². The Labute approximate surface area is 305 Å². The Morgan fingerprint density at radius 3 is 1.83 bits per heavy atom. The number of thiazole rings is 1. The lowest BCUT2D eigenvalue weighted by atomic mass is 9.89. The number of carboxylic acid groups (broad SMARTS) is 1.